The third kappa shape index (κ3) is 5.60. The van der Waals surface area contributed by atoms with Gasteiger partial charge in [-0.2, -0.15) is 0 Å². The van der Waals surface area contributed by atoms with E-state index in [1.165, 1.54) is 11.8 Å². The minimum absolute atomic E-state index is 0.0494. The Bertz CT molecular complexity index is 959. The van der Waals surface area contributed by atoms with Gasteiger partial charge in [0.05, 0.1) is 23.9 Å². The van der Waals surface area contributed by atoms with E-state index in [0.29, 0.717) is 10.8 Å². The van der Waals surface area contributed by atoms with Crippen molar-refractivity contribution in [1.82, 2.24) is 9.97 Å². The number of esters is 1. The predicted octanol–water partition coefficient (Wildman–Crippen LogP) is 3.45. The van der Waals surface area contributed by atoms with Crippen LogP contribution in [0, 0.1) is 3.57 Å². The molecule has 7 nitrogen and oxygen atoms in total. The summed E-state index contributed by atoms with van der Waals surface area (Å²) in [4.78, 5) is 31.2. The monoisotopic (exact) mass is 497 g/mol. The summed E-state index contributed by atoms with van der Waals surface area (Å²) >= 11 is 3.39. The summed E-state index contributed by atoms with van der Waals surface area (Å²) < 4.78 is 11.2. The Kier molecular flexibility index (Phi) is 6.56. The summed E-state index contributed by atoms with van der Waals surface area (Å²) in [6, 6.07) is 12.8. The van der Waals surface area contributed by atoms with Crippen LogP contribution in [0.5, 0.6) is 5.75 Å². The van der Waals surface area contributed by atoms with Crippen molar-refractivity contribution in [3.63, 3.8) is 0 Å². The van der Waals surface area contributed by atoms with Crippen molar-refractivity contribution in [2.75, 3.05) is 24.8 Å². The Hall–Kier alpha value is -2.27. The van der Waals surface area contributed by atoms with Crippen molar-refractivity contribution in [2.45, 2.75) is 5.16 Å². The molecule has 0 bridgehead atoms. The number of amides is 1. The van der Waals surface area contributed by atoms with Crippen LogP contribution in [0.3, 0.4) is 0 Å². The molecule has 0 spiro atoms. The van der Waals surface area contributed by atoms with Gasteiger partial charge >= 0.3 is 5.97 Å². The number of anilines is 1. The van der Waals surface area contributed by atoms with Gasteiger partial charge in [0.15, 0.2) is 11.8 Å². The van der Waals surface area contributed by atoms with Gasteiger partial charge < -0.3 is 19.8 Å². The van der Waals surface area contributed by atoms with Crippen LogP contribution >= 0.6 is 34.4 Å². The molecule has 1 heterocycles. The first-order valence-electron chi connectivity index (χ1n) is 7.91. The molecule has 0 radical (unpaired) electrons. The number of nitrogens with one attached hydrogen (secondary N) is 2. The lowest BCUT2D eigenvalue weighted by Crippen LogP contribution is -2.21. The smallest absolute Gasteiger partial charge is 0.316 e. The number of thioether (sulfide) groups is 1. The van der Waals surface area contributed by atoms with Crippen LogP contribution in [-0.4, -0.2) is 41.3 Å². The zero-order valence-corrected chi connectivity index (χ0v) is 17.3. The summed E-state index contributed by atoms with van der Waals surface area (Å²) in [6.45, 7) is -0.331. The number of nitrogens with zero attached hydrogens (tertiary/aromatic N) is 1. The number of hydrogen-bond acceptors (Lipinski definition) is 6. The number of fused-ring (bicyclic) bond motifs is 1. The van der Waals surface area contributed by atoms with Crippen molar-refractivity contribution in [3.8, 4) is 5.75 Å². The van der Waals surface area contributed by atoms with Crippen LogP contribution in [0.15, 0.2) is 47.6 Å². The van der Waals surface area contributed by atoms with E-state index in [2.05, 4.69) is 37.9 Å². The van der Waals surface area contributed by atoms with Gasteiger partial charge in [-0.15, -0.1) is 0 Å². The van der Waals surface area contributed by atoms with E-state index >= 15 is 0 Å². The number of rotatable bonds is 7. The summed E-state index contributed by atoms with van der Waals surface area (Å²) in [5, 5.41) is 3.27. The fraction of sp³-hybridized carbons (Fsp3) is 0.167. The minimum atomic E-state index is -0.490. The molecule has 1 amide bonds. The Balaban J connectivity index is 1.45. The van der Waals surface area contributed by atoms with Crippen molar-refractivity contribution in [3.05, 3.63) is 46.0 Å². The van der Waals surface area contributed by atoms with E-state index in [9.17, 15) is 9.59 Å². The molecule has 0 atom stereocenters. The first-order valence-corrected chi connectivity index (χ1v) is 9.97. The zero-order valence-electron chi connectivity index (χ0n) is 14.3. The molecule has 140 valence electrons. The van der Waals surface area contributed by atoms with Crippen LogP contribution in [0.4, 0.5) is 5.69 Å². The minimum Gasteiger partial charge on any atom is -0.497 e. The summed E-state index contributed by atoms with van der Waals surface area (Å²) in [7, 11) is 1.60. The highest BCUT2D eigenvalue weighted by Gasteiger charge is 2.11. The fourth-order valence-corrected chi connectivity index (χ4v) is 3.25. The normalized spacial score (nSPS) is 10.6. The number of aromatic nitrogens is 2. The molecule has 2 N–H and O–H groups in total. The number of ether oxygens (including phenoxy) is 2. The molecule has 0 unspecified atom stereocenters. The predicted molar refractivity (Wildman–Crippen MR) is 112 cm³/mol. The number of imidazole rings is 1. The average Bonchev–Trinajstić information content (AvgIpc) is 3.08. The van der Waals surface area contributed by atoms with Crippen LogP contribution < -0.4 is 10.1 Å². The third-order valence-corrected chi connectivity index (χ3v) is 5.05. The van der Waals surface area contributed by atoms with Crippen molar-refractivity contribution < 1.29 is 19.1 Å². The second kappa shape index (κ2) is 9.09. The number of benzene rings is 2. The highest BCUT2D eigenvalue weighted by Crippen LogP contribution is 2.23. The SMILES string of the molecule is COc1ccc2nc(SCC(=O)OCC(=O)Nc3ccc(I)cc3)[nH]c2c1. The van der Waals surface area contributed by atoms with Crippen molar-refractivity contribution >= 4 is 63.0 Å². The number of carbonyl (C=O) groups excluding carboxylic acids is 2. The van der Waals surface area contributed by atoms with Gasteiger partial charge in [-0.25, -0.2) is 4.98 Å². The van der Waals surface area contributed by atoms with E-state index in [0.717, 1.165) is 20.4 Å². The van der Waals surface area contributed by atoms with Crippen molar-refractivity contribution in [1.29, 1.82) is 0 Å². The molecule has 1 aromatic heterocycles. The maximum Gasteiger partial charge on any atom is 0.316 e. The van der Waals surface area contributed by atoms with Crippen LogP contribution in [0.1, 0.15) is 0 Å². The van der Waals surface area contributed by atoms with E-state index < -0.39 is 5.97 Å². The molecule has 0 aliphatic carbocycles. The number of hydrogen-bond donors (Lipinski definition) is 2. The molecule has 2 aromatic carbocycles. The zero-order chi connectivity index (χ0) is 19.2. The molecule has 0 fully saturated rings. The van der Waals surface area contributed by atoms with Gasteiger partial charge in [0.25, 0.3) is 5.91 Å². The average molecular weight is 497 g/mol. The van der Waals surface area contributed by atoms with E-state index in [4.69, 9.17) is 9.47 Å². The molecule has 0 aliphatic rings. The largest absolute Gasteiger partial charge is 0.497 e. The molecule has 9 heteroatoms. The summed E-state index contributed by atoms with van der Waals surface area (Å²) in [5.41, 5.74) is 2.26. The molecule has 0 aliphatic heterocycles. The maximum atomic E-state index is 11.8. The Labute approximate surface area is 173 Å². The number of aromatic amines is 1. The third-order valence-electron chi connectivity index (χ3n) is 3.49. The number of halogens is 1. The van der Waals surface area contributed by atoms with Gasteiger partial charge in [-0.05, 0) is 59.0 Å². The topological polar surface area (TPSA) is 93.3 Å². The van der Waals surface area contributed by atoms with E-state index in [1.807, 2.05) is 30.3 Å². The fourth-order valence-electron chi connectivity index (χ4n) is 2.21. The molecule has 27 heavy (non-hydrogen) atoms. The molecule has 3 rings (SSSR count). The Morgan fingerprint density at radius 3 is 2.74 bits per heavy atom. The van der Waals surface area contributed by atoms with Gasteiger partial charge in [-0.3, -0.25) is 9.59 Å². The van der Waals surface area contributed by atoms with Gasteiger partial charge in [0.1, 0.15) is 5.75 Å². The molecular weight excluding hydrogens is 481 g/mol. The first-order chi connectivity index (χ1) is 13.0. The van der Waals surface area contributed by atoms with Gasteiger partial charge in [0.2, 0.25) is 0 Å². The molecule has 3 aromatic rings. The lowest BCUT2D eigenvalue weighted by molar-refractivity contribution is -0.144. The van der Waals surface area contributed by atoms with E-state index in [1.54, 1.807) is 19.2 Å². The van der Waals surface area contributed by atoms with Gasteiger partial charge in [0, 0.05) is 15.3 Å². The molecular formula is C18H16IN3O4S. The first kappa shape index (κ1) is 19.5. The Morgan fingerprint density at radius 2 is 2.00 bits per heavy atom. The maximum absolute atomic E-state index is 11.8. The summed E-state index contributed by atoms with van der Waals surface area (Å²) in [6.07, 6.45) is 0. The Morgan fingerprint density at radius 1 is 1.22 bits per heavy atom. The standard InChI is InChI=1S/C18H16IN3O4S/c1-25-13-6-7-14-15(8-13)22-18(21-14)27-10-17(24)26-9-16(23)20-12-4-2-11(19)3-5-12/h2-8H,9-10H2,1H3,(H,20,23)(H,21,22). The highest BCUT2D eigenvalue weighted by molar-refractivity contribution is 14.1. The highest BCUT2D eigenvalue weighted by atomic mass is 127. The number of methoxy groups -OCH3 is 1. The molecule has 0 saturated carbocycles. The quantitative estimate of drug-likeness (QED) is 0.295. The van der Waals surface area contributed by atoms with Crippen LogP contribution in [0.25, 0.3) is 11.0 Å². The lowest BCUT2D eigenvalue weighted by atomic mass is 10.3. The number of carbonyl (C=O) groups is 2. The summed E-state index contributed by atoms with van der Waals surface area (Å²) in [5.74, 6) is -0.101. The van der Waals surface area contributed by atoms with Crippen molar-refractivity contribution in [2.24, 2.45) is 0 Å². The second-order valence-electron chi connectivity index (χ2n) is 5.43. The van der Waals surface area contributed by atoms with Gasteiger partial charge in [-0.1, -0.05) is 11.8 Å². The lowest BCUT2D eigenvalue weighted by Gasteiger charge is -2.06. The van der Waals surface area contributed by atoms with Crippen LogP contribution in [-0.2, 0) is 14.3 Å². The number of H-pyrrole nitrogens is 1. The molecule has 0 saturated heterocycles. The van der Waals surface area contributed by atoms with Crippen LogP contribution in [0.2, 0.25) is 0 Å². The van der Waals surface area contributed by atoms with E-state index in [-0.39, 0.29) is 18.3 Å². The second-order valence-corrected chi connectivity index (χ2v) is 7.64.